The Morgan fingerprint density at radius 1 is 0.882 bits per heavy atom. The van der Waals surface area contributed by atoms with Gasteiger partial charge in [-0.15, -0.1) is 0 Å². The molecule has 8 heteroatoms. The summed E-state index contributed by atoms with van der Waals surface area (Å²) in [5.41, 5.74) is 5.90. The summed E-state index contributed by atoms with van der Waals surface area (Å²) in [5, 5.41) is 6.25. The van der Waals surface area contributed by atoms with Crippen molar-refractivity contribution in [2.24, 2.45) is 0 Å². The van der Waals surface area contributed by atoms with E-state index in [1.807, 2.05) is 55.5 Å². The number of nitrogens with zero attached hydrogens (tertiary/aromatic N) is 1. The van der Waals surface area contributed by atoms with Gasteiger partial charge in [-0.3, -0.25) is 19.8 Å². The summed E-state index contributed by atoms with van der Waals surface area (Å²) in [6.07, 6.45) is 0. The number of halogens is 1. The third-order valence-corrected chi connectivity index (χ3v) is 5.87. The molecule has 0 saturated heterocycles. The van der Waals surface area contributed by atoms with Crippen molar-refractivity contribution in [2.45, 2.75) is 19.9 Å². The number of aryl methyl sites for hydroxylation is 1. The van der Waals surface area contributed by atoms with E-state index in [1.165, 1.54) is 4.68 Å². The highest BCUT2D eigenvalue weighted by molar-refractivity contribution is 9.10. The molecule has 0 aliphatic carbocycles. The molecule has 3 amide bonds. The van der Waals surface area contributed by atoms with Crippen LogP contribution in [-0.4, -0.2) is 22.4 Å². The standard InChI is InChI=1S/C26H23BrN4O3/c1-16-8-11-21(12-9-16)29-24(32)23-15-19-14-20(27)10-13-22(19)31(23)30-26(34)25(33)28-17(2)18-6-4-3-5-7-18/h3-15,17H,1-2H3,(H,28,33)(H,29,32)(H,30,34)/t17-/m1/s1. The molecule has 1 heterocycles. The molecule has 0 aliphatic rings. The maximum absolute atomic E-state index is 13.1. The number of hydrogen-bond acceptors (Lipinski definition) is 3. The molecule has 34 heavy (non-hydrogen) atoms. The first kappa shape index (κ1) is 23.3. The molecule has 0 bridgehead atoms. The van der Waals surface area contributed by atoms with Gasteiger partial charge in [-0.05, 0) is 55.8 Å². The minimum atomic E-state index is -0.882. The Morgan fingerprint density at radius 2 is 1.59 bits per heavy atom. The molecule has 0 saturated carbocycles. The summed E-state index contributed by atoms with van der Waals surface area (Å²) in [6, 6.07) is 23.4. The normalized spacial score (nSPS) is 11.6. The van der Waals surface area contributed by atoms with Gasteiger partial charge in [-0.25, -0.2) is 4.68 Å². The second-order valence-electron chi connectivity index (χ2n) is 7.94. The summed E-state index contributed by atoms with van der Waals surface area (Å²) in [5.74, 6) is -2.11. The molecule has 3 aromatic carbocycles. The number of hydrogen-bond donors (Lipinski definition) is 3. The second-order valence-corrected chi connectivity index (χ2v) is 8.85. The SMILES string of the molecule is Cc1ccc(NC(=O)c2cc3cc(Br)ccc3n2NC(=O)C(=O)N[C@H](C)c2ccccc2)cc1. The number of aromatic nitrogens is 1. The fraction of sp³-hybridized carbons (Fsp3) is 0.115. The fourth-order valence-electron chi connectivity index (χ4n) is 3.55. The molecule has 0 fully saturated rings. The van der Waals surface area contributed by atoms with Gasteiger partial charge in [0.05, 0.1) is 11.6 Å². The largest absolute Gasteiger partial charge is 0.341 e. The molecule has 0 aliphatic heterocycles. The van der Waals surface area contributed by atoms with Crippen molar-refractivity contribution in [1.29, 1.82) is 0 Å². The molecule has 172 valence electrons. The zero-order valence-corrected chi connectivity index (χ0v) is 20.2. The maximum Gasteiger partial charge on any atom is 0.328 e. The van der Waals surface area contributed by atoms with E-state index in [9.17, 15) is 14.4 Å². The molecule has 4 rings (SSSR count). The van der Waals surface area contributed by atoms with Gasteiger partial charge < -0.3 is 10.6 Å². The van der Waals surface area contributed by atoms with E-state index in [0.29, 0.717) is 11.2 Å². The fourth-order valence-corrected chi connectivity index (χ4v) is 3.92. The number of carbonyl (C=O) groups excluding carboxylic acids is 3. The summed E-state index contributed by atoms with van der Waals surface area (Å²) >= 11 is 3.43. The number of fused-ring (bicyclic) bond motifs is 1. The highest BCUT2D eigenvalue weighted by Gasteiger charge is 2.22. The van der Waals surface area contributed by atoms with Crippen LogP contribution in [0.2, 0.25) is 0 Å². The highest BCUT2D eigenvalue weighted by atomic mass is 79.9. The number of nitrogens with one attached hydrogen (secondary N) is 3. The number of anilines is 1. The van der Waals surface area contributed by atoms with E-state index in [2.05, 4.69) is 32.0 Å². The number of carbonyl (C=O) groups is 3. The third kappa shape index (κ3) is 5.18. The first-order valence-electron chi connectivity index (χ1n) is 10.7. The number of benzene rings is 3. The Morgan fingerprint density at radius 3 is 2.29 bits per heavy atom. The zero-order valence-electron chi connectivity index (χ0n) is 18.6. The molecule has 0 radical (unpaired) electrons. The molecule has 0 spiro atoms. The average Bonchev–Trinajstić information content (AvgIpc) is 3.18. The van der Waals surface area contributed by atoms with Crippen molar-refractivity contribution < 1.29 is 14.4 Å². The first-order chi connectivity index (χ1) is 16.3. The van der Waals surface area contributed by atoms with Crippen LogP contribution >= 0.6 is 15.9 Å². The quantitative estimate of drug-likeness (QED) is 0.327. The predicted octanol–water partition coefficient (Wildman–Crippen LogP) is 4.91. The number of amides is 3. The third-order valence-electron chi connectivity index (χ3n) is 5.37. The van der Waals surface area contributed by atoms with Gasteiger partial charge in [-0.1, -0.05) is 64.0 Å². The molecular weight excluding hydrogens is 496 g/mol. The van der Waals surface area contributed by atoms with Crippen LogP contribution in [0.1, 0.15) is 34.6 Å². The average molecular weight is 519 g/mol. The Kier molecular flexibility index (Phi) is 6.79. The molecule has 1 atom stereocenters. The minimum Gasteiger partial charge on any atom is -0.341 e. The second kappa shape index (κ2) is 9.93. The van der Waals surface area contributed by atoms with Crippen LogP contribution in [-0.2, 0) is 9.59 Å². The summed E-state index contributed by atoms with van der Waals surface area (Å²) in [4.78, 5) is 38.5. The molecule has 1 aromatic heterocycles. The maximum atomic E-state index is 13.1. The van der Waals surface area contributed by atoms with Gasteiger partial charge in [0.2, 0.25) is 0 Å². The van der Waals surface area contributed by atoms with Crippen LogP contribution in [0.15, 0.2) is 83.3 Å². The Bertz CT molecular complexity index is 1360. The van der Waals surface area contributed by atoms with Gasteiger partial charge in [0, 0.05) is 15.5 Å². The van der Waals surface area contributed by atoms with Crippen LogP contribution in [0, 0.1) is 6.92 Å². The van der Waals surface area contributed by atoms with E-state index in [4.69, 9.17) is 0 Å². The topological polar surface area (TPSA) is 92.2 Å². The first-order valence-corrected chi connectivity index (χ1v) is 11.5. The zero-order chi connectivity index (χ0) is 24.2. The summed E-state index contributed by atoms with van der Waals surface area (Å²) < 4.78 is 2.16. The van der Waals surface area contributed by atoms with Crippen molar-refractivity contribution >= 4 is 50.2 Å². The Hall–Kier alpha value is -3.91. The van der Waals surface area contributed by atoms with E-state index >= 15 is 0 Å². The molecule has 4 aromatic rings. The lowest BCUT2D eigenvalue weighted by atomic mass is 10.1. The van der Waals surface area contributed by atoms with Crippen LogP contribution in [0.3, 0.4) is 0 Å². The van der Waals surface area contributed by atoms with Crippen LogP contribution in [0.25, 0.3) is 10.9 Å². The summed E-state index contributed by atoms with van der Waals surface area (Å²) in [6.45, 7) is 3.75. The van der Waals surface area contributed by atoms with E-state index in [0.717, 1.165) is 21.0 Å². The van der Waals surface area contributed by atoms with Gasteiger partial charge in [0.15, 0.2) is 0 Å². The molecular formula is C26H23BrN4O3. The van der Waals surface area contributed by atoms with Gasteiger partial charge in [-0.2, -0.15) is 0 Å². The number of rotatable bonds is 5. The van der Waals surface area contributed by atoms with E-state index < -0.39 is 17.7 Å². The molecule has 7 nitrogen and oxygen atoms in total. The van der Waals surface area contributed by atoms with Crippen molar-refractivity contribution in [3.63, 3.8) is 0 Å². The molecule has 3 N–H and O–H groups in total. The van der Waals surface area contributed by atoms with Crippen molar-refractivity contribution in [1.82, 2.24) is 9.99 Å². The lowest BCUT2D eigenvalue weighted by molar-refractivity contribution is -0.137. The van der Waals surface area contributed by atoms with Gasteiger partial charge in [0.25, 0.3) is 5.91 Å². The van der Waals surface area contributed by atoms with Crippen molar-refractivity contribution in [3.8, 4) is 0 Å². The van der Waals surface area contributed by atoms with Crippen molar-refractivity contribution in [2.75, 3.05) is 10.7 Å². The monoisotopic (exact) mass is 518 g/mol. The Labute approximate surface area is 205 Å². The minimum absolute atomic E-state index is 0.186. The predicted molar refractivity (Wildman–Crippen MR) is 136 cm³/mol. The van der Waals surface area contributed by atoms with E-state index in [-0.39, 0.29) is 11.7 Å². The van der Waals surface area contributed by atoms with Crippen LogP contribution < -0.4 is 16.1 Å². The van der Waals surface area contributed by atoms with E-state index in [1.54, 1.807) is 37.3 Å². The van der Waals surface area contributed by atoms with Gasteiger partial charge in [0.1, 0.15) is 5.69 Å². The smallest absolute Gasteiger partial charge is 0.328 e. The van der Waals surface area contributed by atoms with Crippen LogP contribution in [0.4, 0.5) is 5.69 Å². The lowest BCUT2D eigenvalue weighted by Gasteiger charge is -2.16. The Balaban J connectivity index is 1.59. The molecule has 0 unspecified atom stereocenters. The van der Waals surface area contributed by atoms with Gasteiger partial charge >= 0.3 is 11.8 Å². The lowest BCUT2D eigenvalue weighted by Crippen LogP contribution is -2.40. The van der Waals surface area contributed by atoms with Crippen LogP contribution in [0.5, 0.6) is 0 Å². The summed E-state index contributed by atoms with van der Waals surface area (Å²) in [7, 11) is 0. The highest BCUT2D eigenvalue weighted by Crippen LogP contribution is 2.24. The van der Waals surface area contributed by atoms with Crippen molar-refractivity contribution in [3.05, 3.63) is 100 Å².